The molecule has 1 atom stereocenters. The number of nitrogens with zero attached hydrogens (tertiary/aromatic N) is 2. The number of hydrogen-bond donors (Lipinski definition) is 2. The van der Waals surface area contributed by atoms with Crippen LogP contribution in [0.1, 0.15) is 25.3 Å². The van der Waals surface area contributed by atoms with Gasteiger partial charge in [0.15, 0.2) is 6.17 Å². The van der Waals surface area contributed by atoms with Gasteiger partial charge < -0.3 is 16.0 Å². The van der Waals surface area contributed by atoms with Crippen LogP contribution in [0.2, 0.25) is 0 Å². The van der Waals surface area contributed by atoms with E-state index in [-0.39, 0.29) is 6.17 Å². The maximum atomic E-state index is 5.97. The Bertz CT molecular complexity index is 1170. The topological polar surface area (TPSA) is 53.6 Å². The van der Waals surface area contributed by atoms with Crippen molar-refractivity contribution in [2.45, 2.75) is 25.9 Å². The molecule has 31 heavy (non-hydrogen) atoms. The molecule has 3 aliphatic rings. The lowest BCUT2D eigenvalue weighted by molar-refractivity contribution is 0.889. The first-order valence-electron chi connectivity index (χ1n) is 10.7. The number of nitrogens with two attached hydrogens (primary N) is 1. The predicted octanol–water partition coefficient (Wildman–Crippen LogP) is 6.07. The predicted molar refractivity (Wildman–Crippen MR) is 131 cm³/mol. The third-order valence-electron chi connectivity index (χ3n) is 5.79. The standard InChI is InChI=1S/C27H26N4/c1-19(28)17-21(20-7-3-2-4-8-20)18-30-22-11-13-23(14-12-22)31-26-10-6-5-9-24(26)25-15-16-29-27(25)31/h2-3,5-7,9-18,27,30H,4,8,28H2,1H3/b19-17+,21-18+. The van der Waals surface area contributed by atoms with Crippen molar-refractivity contribution in [1.82, 2.24) is 0 Å². The Morgan fingerprint density at radius 2 is 1.97 bits per heavy atom. The summed E-state index contributed by atoms with van der Waals surface area (Å²) in [5.74, 6) is 0. The summed E-state index contributed by atoms with van der Waals surface area (Å²) in [5.41, 5.74) is 15.1. The third-order valence-corrected chi connectivity index (χ3v) is 5.79. The number of aliphatic imine (C=N–C) groups is 1. The minimum absolute atomic E-state index is 0.0340. The van der Waals surface area contributed by atoms with Crippen molar-refractivity contribution in [1.29, 1.82) is 0 Å². The second-order valence-electron chi connectivity index (χ2n) is 8.02. The molecular weight excluding hydrogens is 380 g/mol. The Kier molecular flexibility index (Phi) is 5.04. The SMILES string of the molecule is C/C(N)=C\C(=C/Nc1ccc(N2c3ccccc3C3=CC=NC32)cc1)C1=CC=CCC1. The molecule has 0 saturated carbocycles. The van der Waals surface area contributed by atoms with Crippen LogP contribution in [-0.2, 0) is 0 Å². The summed E-state index contributed by atoms with van der Waals surface area (Å²) in [6.07, 6.45) is 16.7. The highest BCUT2D eigenvalue weighted by Gasteiger charge is 2.35. The quantitative estimate of drug-likeness (QED) is 0.593. The molecule has 1 aliphatic carbocycles. The molecule has 0 bridgehead atoms. The van der Waals surface area contributed by atoms with E-state index in [1.807, 2.05) is 25.4 Å². The van der Waals surface area contributed by atoms with Crippen LogP contribution in [0.3, 0.4) is 0 Å². The van der Waals surface area contributed by atoms with E-state index in [1.54, 1.807) is 0 Å². The largest absolute Gasteiger partial charge is 0.402 e. The number of hydrogen-bond acceptors (Lipinski definition) is 4. The van der Waals surface area contributed by atoms with Gasteiger partial charge in [-0.25, -0.2) is 0 Å². The molecule has 0 saturated heterocycles. The molecule has 2 heterocycles. The van der Waals surface area contributed by atoms with Crippen LogP contribution in [0.5, 0.6) is 0 Å². The minimum atomic E-state index is 0.0340. The van der Waals surface area contributed by atoms with Gasteiger partial charge in [0, 0.05) is 40.6 Å². The zero-order chi connectivity index (χ0) is 21.2. The number of para-hydroxylation sites is 1. The number of anilines is 3. The Labute approximate surface area is 183 Å². The average molecular weight is 407 g/mol. The van der Waals surface area contributed by atoms with Gasteiger partial charge in [-0.15, -0.1) is 0 Å². The maximum Gasteiger partial charge on any atom is 0.152 e. The van der Waals surface area contributed by atoms with E-state index in [0.29, 0.717) is 0 Å². The average Bonchev–Trinajstić information content (AvgIpc) is 3.38. The summed E-state index contributed by atoms with van der Waals surface area (Å²) in [6.45, 7) is 1.92. The van der Waals surface area contributed by atoms with Crippen LogP contribution < -0.4 is 16.0 Å². The molecule has 154 valence electrons. The molecule has 0 spiro atoms. The summed E-state index contributed by atoms with van der Waals surface area (Å²) in [4.78, 5) is 6.99. The van der Waals surface area contributed by atoms with E-state index in [9.17, 15) is 0 Å². The van der Waals surface area contributed by atoms with Crippen molar-refractivity contribution in [3.63, 3.8) is 0 Å². The summed E-state index contributed by atoms with van der Waals surface area (Å²) in [7, 11) is 0. The zero-order valence-electron chi connectivity index (χ0n) is 17.6. The van der Waals surface area contributed by atoms with Crippen LogP contribution in [0.25, 0.3) is 5.57 Å². The highest BCUT2D eigenvalue weighted by Crippen LogP contribution is 2.46. The first kappa shape index (κ1) is 19.2. The van der Waals surface area contributed by atoms with Crippen LogP contribution in [-0.4, -0.2) is 12.4 Å². The van der Waals surface area contributed by atoms with Crippen molar-refractivity contribution < 1.29 is 0 Å². The fourth-order valence-electron chi connectivity index (χ4n) is 4.34. The number of benzene rings is 2. The van der Waals surface area contributed by atoms with Gasteiger partial charge in [0.25, 0.3) is 0 Å². The van der Waals surface area contributed by atoms with Crippen LogP contribution in [0, 0.1) is 0 Å². The lowest BCUT2D eigenvalue weighted by atomic mass is 9.97. The molecule has 3 N–H and O–H groups in total. The summed E-state index contributed by atoms with van der Waals surface area (Å²) in [5, 5.41) is 3.44. The fraction of sp³-hybridized carbons (Fsp3) is 0.148. The Balaban J connectivity index is 1.39. The van der Waals surface area contributed by atoms with Crippen molar-refractivity contribution in [2.75, 3.05) is 10.2 Å². The van der Waals surface area contributed by atoms with Gasteiger partial charge in [-0.3, -0.25) is 4.99 Å². The van der Waals surface area contributed by atoms with Crippen molar-refractivity contribution in [2.24, 2.45) is 10.7 Å². The Morgan fingerprint density at radius 3 is 2.74 bits per heavy atom. The van der Waals surface area contributed by atoms with Crippen LogP contribution in [0.15, 0.2) is 107 Å². The van der Waals surface area contributed by atoms with E-state index in [0.717, 1.165) is 35.5 Å². The van der Waals surface area contributed by atoms with Gasteiger partial charge in [-0.05, 0) is 73.4 Å². The van der Waals surface area contributed by atoms with Gasteiger partial charge >= 0.3 is 0 Å². The molecule has 2 aliphatic heterocycles. The molecule has 1 unspecified atom stereocenters. The lowest BCUT2D eigenvalue weighted by Crippen LogP contribution is -2.23. The second-order valence-corrected chi connectivity index (χ2v) is 8.02. The lowest BCUT2D eigenvalue weighted by Gasteiger charge is -2.24. The Hall–Kier alpha value is -3.79. The summed E-state index contributed by atoms with van der Waals surface area (Å²) < 4.78 is 0. The van der Waals surface area contributed by atoms with E-state index < -0.39 is 0 Å². The number of allylic oxidation sites excluding steroid dienone is 8. The molecule has 0 radical (unpaired) electrons. The van der Waals surface area contributed by atoms with Gasteiger partial charge in [0.2, 0.25) is 0 Å². The monoisotopic (exact) mass is 406 g/mol. The van der Waals surface area contributed by atoms with E-state index in [2.05, 4.69) is 88.0 Å². The molecule has 0 amide bonds. The highest BCUT2D eigenvalue weighted by molar-refractivity contribution is 6.01. The van der Waals surface area contributed by atoms with Crippen molar-refractivity contribution in [3.8, 4) is 0 Å². The molecular formula is C27H26N4. The van der Waals surface area contributed by atoms with E-state index in [1.165, 1.54) is 22.4 Å². The van der Waals surface area contributed by atoms with Crippen molar-refractivity contribution >= 4 is 28.8 Å². The normalized spacial score (nSPS) is 19.8. The van der Waals surface area contributed by atoms with Crippen molar-refractivity contribution in [3.05, 3.63) is 108 Å². The Morgan fingerprint density at radius 1 is 1.13 bits per heavy atom. The molecule has 5 rings (SSSR count). The zero-order valence-corrected chi connectivity index (χ0v) is 17.6. The number of rotatable bonds is 5. The van der Waals surface area contributed by atoms with E-state index in [4.69, 9.17) is 5.73 Å². The first-order chi connectivity index (χ1) is 15.2. The number of nitrogens with one attached hydrogen (secondary N) is 1. The number of fused-ring (bicyclic) bond motifs is 3. The van der Waals surface area contributed by atoms with Crippen LogP contribution >= 0.6 is 0 Å². The fourth-order valence-corrected chi connectivity index (χ4v) is 4.34. The summed E-state index contributed by atoms with van der Waals surface area (Å²) >= 11 is 0. The maximum absolute atomic E-state index is 5.97. The van der Waals surface area contributed by atoms with Crippen LogP contribution in [0.4, 0.5) is 17.1 Å². The molecule has 2 aromatic rings. The molecule has 2 aromatic carbocycles. The first-order valence-corrected chi connectivity index (χ1v) is 10.7. The molecule has 4 nitrogen and oxygen atoms in total. The highest BCUT2D eigenvalue weighted by atomic mass is 15.3. The van der Waals surface area contributed by atoms with Gasteiger partial charge in [0.1, 0.15) is 0 Å². The second kappa shape index (κ2) is 8.15. The molecule has 4 heteroatoms. The van der Waals surface area contributed by atoms with Gasteiger partial charge in [0.05, 0.1) is 5.69 Å². The van der Waals surface area contributed by atoms with E-state index >= 15 is 0 Å². The molecule has 0 fully saturated rings. The minimum Gasteiger partial charge on any atom is -0.402 e. The summed E-state index contributed by atoms with van der Waals surface area (Å²) in [6, 6.07) is 17.0. The van der Waals surface area contributed by atoms with Gasteiger partial charge in [-0.1, -0.05) is 36.4 Å². The smallest absolute Gasteiger partial charge is 0.152 e. The van der Waals surface area contributed by atoms with Gasteiger partial charge in [-0.2, -0.15) is 0 Å². The third kappa shape index (κ3) is 3.73. The molecule has 0 aromatic heterocycles.